The van der Waals surface area contributed by atoms with Gasteiger partial charge in [0.05, 0.1) is 11.1 Å². The molecule has 0 amide bonds. The molecule has 0 bridgehead atoms. The van der Waals surface area contributed by atoms with Crippen LogP contribution in [0.5, 0.6) is 0 Å². The van der Waals surface area contributed by atoms with E-state index in [-0.39, 0.29) is 6.07 Å². The maximum atomic E-state index is 12.3. The van der Waals surface area contributed by atoms with Crippen molar-refractivity contribution in [2.24, 2.45) is 0 Å². The monoisotopic (exact) mass is 254 g/mol. The predicted octanol–water partition coefficient (Wildman–Crippen LogP) is 3.57. The van der Waals surface area contributed by atoms with Gasteiger partial charge in [-0.1, -0.05) is 0 Å². The summed E-state index contributed by atoms with van der Waals surface area (Å²) in [5.41, 5.74) is -3.43. The van der Waals surface area contributed by atoms with E-state index < -0.39 is 29.0 Å². The molecule has 17 heavy (non-hydrogen) atoms. The highest BCUT2D eigenvalue weighted by molar-refractivity contribution is 5.75. The molecule has 0 saturated heterocycles. The van der Waals surface area contributed by atoms with Crippen LogP contribution in [0.3, 0.4) is 0 Å². The Kier molecular flexibility index (Phi) is 3.33. The third-order valence-corrected chi connectivity index (χ3v) is 1.84. The van der Waals surface area contributed by atoms with E-state index in [1.165, 1.54) is 0 Å². The number of benzene rings is 1. The van der Waals surface area contributed by atoms with Crippen LogP contribution >= 0.6 is 0 Å². The van der Waals surface area contributed by atoms with Crippen molar-refractivity contribution in [3.8, 4) is 0 Å². The van der Waals surface area contributed by atoms with Crippen molar-refractivity contribution < 1.29 is 31.1 Å². The molecule has 0 unspecified atom stereocenters. The van der Waals surface area contributed by atoms with Crippen LogP contribution in [0.2, 0.25) is 0 Å². The van der Waals surface area contributed by atoms with Gasteiger partial charge in [0.25, 0.3) is 0 Å². The third-order valence-electron chi connectivity index (χ3n) is 1.84. The van der Waals surface area contributed by atoms with Gasteiger partial charge in [-0.25, -0.2) is 4.79 Å². The lowest BCUT2D eigenvalue weighted by molar-refractivity contribution is -0.143. The Labute approximate surface area is 91.4 Å². The molecule has 0 fully saturated rings. The molecule has 0 saturated carbocycles. The summed E-state index contributed by atoms with van der Waals surface area (Å²) >= 11 is 0. The topological polar surface area (TPSA) is 17.1 Å². The maximum Gasteiger partial charge on any atom is 0.416 e. The number of alkyl halides is 6. The van der Waals surface area contributed by atoms with Gasteiger partial charge in [0.15, 0.2) is 0 Å². The average Bonchev–Trinajstić information content (AvgIpc) is 2.15. The molecule has 1 nitrogen and oxygen atoms in total. The molecule has 1 aromatic carbocycles. The second-order valence-corrected chi connectivity index (χ2v) is 3.10. The predicted molar refractivity (Wildman–Crippen MR) is 46.6 cm³/mol. The number of hydrogen-bond donors (Lipinski definition) is 0. The number of rotatable bonds is 1. The molecule has 0 spiro atoms. The van der Waals surface area contributed by atoms with Crippen molar-refractivity contribution in [1.29, 1.82) is 0 Å². The van der Waals surface area contributed by atoms with Crippen LogP contribution < -0.4 is 0 Å². The Balaban J connectivity index is 3.44. The van der Waals surface area contributed by atoms with Crippen LogP contribution in [0, 0.1) is 0 Å². The second-order valence-electron chi connectivity index (χ2n) is 3.10. The highest BCUT2D eigenvalue weighted by Gasteiger charge is 2.36. The zero-order chi connectivity index (χ0) is 13.3. The standard InChI is InChI=1S/C10H4F6O/c11-9(12,13)7-3-6(1-2-17)4-8(5-7)10(14,15)16/h1,3-5H. The molecule has 0 aliphatic carbocycles. The van der Waals surface area contributed by atoms with Crippen LogP contribution in [-0.4, -0.2) is 5.94 Å². The van der Waals surface area contributed by atoms with Gasteiger partial charge in [0, 0.05) is 6.08 Å². The maximum absolute atomic E-state index is 12.3. The first-order valence-corrected chi connectivity index (χ1v) is 4.15. The molecule has 92 valence electrons. The highest BCUT2D eigenvalue weighted by Crippen LogP contribution is 2.36. The number of carbonyl (C=O) groups excluding carboxylic acids is 1. The van der Waals surface area contributed by atoms with Crippen molar-refractivity contribution in [3.05, 3.63) is 34.9 Å². The molecular weight excluding hydrogens is 250 g/mol. The SMILES string of the molecule is O=C=Cc1cc(C(F)(F)F)cc(C(F)(F)F)c1. The summed E-state index contributed by atoms with van der Waals surface area (Å²) in [7, 11) is 0. The van der Waals surface area contributed by atoms with Crippen LogP contribution in [0.4, 0.5) is 26.3 Å². The summed E-state index contributed by atoms with van der Waals surface area (Å²) in [4.78, 5) is 9.95. The second kappa shape index (κ2) is 4.25. The van der Waals surface area contributed by atoms with E-state index in [1.54, 1.807) is 0 Å². The summed E-state index contributed by atoms with van der Waals surface area (Å²) in [5.74, 6) is 1.13. The average molecular weight is 254 g/mol. The van der Waals surface area contributed by atoms with Gasteiger partial charge in [-0.3, -0.25) is 0 Å². The first-order valence-electron chi connectivity index (χ1n) is 4.15. The van der Waals surface area contributed by atoms with Gasteiger partial charge in [-0.2, -0.15) is 26.3 Å². The van der Waals surface area contributed by atoms with Gasteiger partial charge in [0.1, 0.15) is 5.94 Å². The molecule has 0 radical (unpaired) electrons. The third kappa shape index (κ3) is 3.35. The van der Waals surface area contributed by atoms with Crippen molar-refractivity contribution in [2.45, 2.75) is 12.4 Å². The van der Waals surface area contributed by atoms with Crippen LogP contribution in [0.25, 0.3) is 6.08 Å². The smallest absolute Gasteiger partial charge is 0.233 e. The van der Waals surface area contributed by atoms with Gasteiger partial charge < -0.3 is 0 Å². The lowest BCUT2D eigenvalue weighted by atomic mass is 10.0. The molecular formula is C10H4F6O. The zero-order valence-electron chi connectivity index (χ0n) is 7.99. The normalized spacial score (nSPS) is 12.1. The van der Waals surface area contributed by atoms with E-state index >= 15 is 0 Å². The summed E-state index contributed by atoms with van der Waals surface area (Å²) < 4.78 is 73.8. The van der Waals surface area contributed by atoms with E-state index in [2.05, 4.69) is 0 Å². The van der Waals surface area contributed by atoms with Crippen molar-refractivity contribution in [1.82, 2.24) is 0 Å². The summed E-state index contributed by atoms with van der Waals surface area (Å²) in [6.45, 7) is 0. The quantitative estimate of drug-likeness (QED) is 0.553. The fourth-order valence-corrected chi connectivity index (χ4v) is 1.13. The van der Waals surface area contributed by atoms with E-state index in [9.17, 15) is 31.1 Å². The Hall–Kier alpha value is -1.75. The Morgan fingerprint density at radius 2 is 1.29 bits per heavy atom. The van der Waals surface area contributed by atoms with Crippen molar-refractivity contribution >= 4 is 12.0 Å². The van der Waals surface area contributed by atoms with Crippen molar-refractivity contribution in [2.75, 3.05) is 0 Å². The zero-order valence-corrected chi connectivity index (χ0v) is 7.99. The van der Waals surface area contributed by atoms with Crippen LogP contribution in [-0.2, 0) is 17.1 Å². The number of hydrogen-bond acceptors (Lipinski definition) is 1. The first-order chi connectivity index (χ1) is 7.64. The van der Waals surface area contributed by atoms with E-state index in [0.717, 1.165) is 5.94 Å². The Morgan fingerprint density at radius 3 is 1.59 bits per heavy atom. The molecule has 1 rings (SSSR count). The summed E-state index contributed by atoms with van der Waals surface area (Å²) in [5, 5.41) is 0. The van der Waals surface area contributed by atoms with Gasteiger partial charge in [-0.05, 0) is 23.8 Å². The largest absolute Gasteiger partial charge is 0.416 e. The number of halogens is 6. The Morgan fingerprint density at radius 1 is 0.882 bits per heavy atom. The van der Waals surface area contributed by atoms with Gasteiger partial charge in [0.2, 0.25) is 0 Å². The van der Waals surface area contributed by atoms with Crippen LogP contribution in [0.15, 0.2) is 18.2 Å². The lowest BCUT2D eigenvalue weighted by Gasteiger charge is -2.12. The molecule has 0 N–H and O–H groups in total. The molecule has 1 aromatic rings. The molecule has 0 aliphatic rings. The fraction of sp³-hybridized carbons (Fsp3) is 0.200. The highest BCUT2D eigenvalue weighted by atomic mass is 19.4. The van der Waals surface area contributed by atoms with Crippen LogP contribution in [0.1, 0.15) is 16.7 Å². The summed E-state index contributed by atoms with van der Waals surface area (Å²) in [6.07, 6.45) is -9.32. The van der Waals surface area contributed by atoms with Crippen molar-refractivity contribution in [3.63, 3.8) is 0 Å². The fourth-order valence-electron chi connectivity index (χ4n) is 1.13. The molecule has 0 heterocycles. The minimum Gasteiger partial charge on any atom is -0.233 e. The summed E-state index contributed by atoms with van der Waals surface area (Å²) in [6, 6.07) is 0.877. The first kappa shape index (κ1) is 13.3. The molecule has 0 atom stereocenters. The van der Waals surface area contributed by atoms with Gasteiger partial charge >= 0.3 is 12.4 Å². The molecule has 0 aliphatic heterocycles. The molecule has 7 heteroatoms. The van der Waals surface area contributed by atoms with E-state index in [1.807, 2.05) is 0 Å². The van der Waals surface area contributed by atoms with E-state index in [4.69, 9.17) is 0 Å². The van der Waals surface area contributed by atoms with Gasteiger partial charge in [-0.15, -0.1) is 0 Å². The lowest BCUT2D eigenvalue weighted by Crippen LogP contribution is -2.11. The Bertz CT molecular complexity index is 432. The minimum absolute atomic E-state index is 0.0118. The minimum atomic E-state index is -4.91. The molecule has 0 aromatic heterocycles. The van der Waals surface area contributed by atoms with E-state index in [0.29, 0.717) is 18.2 Å².